The Hall–Kier alpha value is -2.48. The van der Waals surface area contributed by atoms with Crippen LogP contribution < -0.4 is 4.74 Å². The van der Waals surface area contributed by atoms with Crippen LogP contribution in [0.5, 0.6) is 5.75 Å². The highest BCUT2D eigenvalue weighted by atomic mass is 16.6. The molecule has 0 bridgehead atoms. The lowest BCUT2D eigenvalue weighted by Gasteiger charge is -2.11. The summed E-state index contributed by atoms with van der Waals surface area (Å²) in [6, 6.07) is 4.04. The molecule has 0 radical (unpaired) electrons. The third-order valence-corrected chi connectivity index (χ3v) is 2.83. The minimum Gasteiger partial charge on any atom is -0.483 e. The van der Waals surface area contributed by atoms with Crippen LogP contribution in [0.4, 0.5) is 5.69 Å². The number of rotatable bonds is 6. The Morgan fingerprint density at radius 1 is 1.52 bits per heavy atom. The molecule has 8 heteroatoms. The molecule has 0 aliphatic heterocycles. The first kappa shape index (κ1) is 14.9. The molecule has 1 unspecified atom stereocenters. The second-order valence-corrected chi connectivity index (χ2v) is 4.40. The van der Waals surface area contributed by atoms with Crippen molar-refractivity contribution in [1.29, 1.82) is 0 Å². The molecular formula is C13H15N3O5. The van der Waals surface area contributed by atoms with Crippen molar-refractivity contribution < 1.29 is 19.3 Å². The second-order valence-electron chi connectivity index (χ2n) is 4.40. The molecule has 1 aromatic carbocycles. The number of benzene rings is 1. The lowest BCUT2D eigenvalue weighted by Crippen LogP contribution is -2.02. The summed E-state index contributed by atoms with van der Waals surface area (Å²) in [7, 11) is 0. The Morgan fingerprint density at radius 2 is 2.29 bits per heavy atom. The maximum atomic E-state index is 10.8. The number of aromatic nitrogens is 2. The van der Waals surface area contributed by atoms with E-state index in [1.807, 2.05) is 6.92 Å². The zero-order valence-electron chi connectivity index (χ0n) is 11.6. The van der Waals surface area contributed by atoms with Crippen LogP contribution >= 0.6 is 0 Å². The van der Waals surface area contributed by atoms with Gasteiger partial charge in [0.05, 0.1) is 11.0 Å². The topological polar surface area (TPSA) is 112 Å². The molecule has 0 saturated heterocycles. The molecule has 0 aliphatic carbocycles. The van der Waals surface area contributed by atoms with Crippen molar-refractivity contribution in [3.63, 3.8) is 0 Å². The molecule has 2 aromatic rings. The van der Waals surface area contributed by atoms with E-state index in [0.717, 1.165) is 0 Å². The van der Waals surface area contributed by atoms with E-state index < -0.39 is 11.0 Å². The number of nitro benzene ring substituents is 1. The standard InChI is InChI=1S/C13H15N3O5/c1-3-12-14-13(21-15-12)7-20-11-5-4-9(16(18)19)6-10(11)8(2)17/h4-6,8,17H,3,7H2,1-2H3. The zero-order valence-corrected chi connectivity index (χ0v) is 11.6. The van der Waals surface area contributed by atoms with Gasteiger partial charge in [-0.1, -0.05) is 12.1 Å². The van der Waals surface area contributed by atoms with Crippen LogP contribution in [0.1, 0.15) is 37.2 Å². The first-order chi connectivity index (χ1) is 10.0. The molecule has 0 saturated carbocycles. The van der Waals surface area contributed by atoms with Gasteiger partial charge in [0.25, 0.3) is 11.6 Å². The molecule has 0 aliphatic rings. The quantitative estimate of drug-likeness (QED) is 0.641. The van der Waals surface area contributed by atoms with E-state index in [-0.39, 0.29) is 12.3 Å². The van der Waals surface area contributed by atoms with Gasteiger partial charge in [0.2, 0.25) is 0 Å². The molecule has 0 amide bonds. The minimum absolute atomic E-state index is 0.0323. The van der Waals surface area contributed by atoms with Gasteiger partial charge in [-0.05, 0) is 13.0 Å². The molecule has 2 rings (SSSR count). The number of hydrogen-bond donors (Lipinski definition) is 1. The molecule has 8 nitrogen and oxygen atoms in total. The summed E-state index contributed by atoms with van der Waals surface area (Å²) in [5, 5.41) is 24.2. The monoisotopic (exact) mass is 293 g/mol. The predicted molar refractivity (Wildman–Crippen MR) is 71.7 cm³/mol. The fraction of sp³-hybridized carbons (Fsp3) is 0.385. The van der Waals surface area contributed by atoms with Gasteiger partial charge >= 0.3 is 0 Å². The third-order valence-electron chi connectivity index (χ3n) is 2.83. The van der Waals surface area contributed by atoms with E-state index in [2.05, 4.69) is 10.1 Å². The smallest absolute Gasteiger partial charge is 0.270 e. The summed E-state index contributed by atoms with van der Waals surface area (Å²) in [5.74, 6) is 1.22. The van der Waals surface area contributed by atoms with Crippen LogP contribution in [0.15, 0.2) is 22.7 Å². The van der Waals surface area contributed by atoms with Crippen LogP contribution in [-0.2, 0) is 13.0 Å². The summed E-state index contributed by atoms with van der Waals surface area (Å²) in [5.41, 5.74) is 0.226. The highest BCUT2D eigenvalue weighted by molar-refractivity contribution is 5.44. The Kier molecular flexibility index (Phi) is 4.49. The minimum atomic E-state index is -0.895. The fourth-order valence-corrected chi connectivity index (χ4v) is 1.74. The van der Waals surface area contributed by atoms with Crippen LogP contribution in [0, 0.1) is 10.1 Å². The van der Waals surface area contributed by atoms with Crippen molar-refractivity contribution >= 4 is 5.69 Å². The number of ether oxygens (including phenoxy) is 1. The maximum Gasteiger partial charge on any atom is 0.270 e. The molecule has 1 aromatic heterocycles. The number of nitro groups is 1. The number of non-ortho nitro benzene ring substituents is 1. The summed E-state index contributed by atoms with van der Waals surface area (Å²) in [4.78, 5) is 14.3. The molecular weight excluding hydrogens is 278 g/mol. The van der Waals surface area contributed by atoms with E-state index >= 15 is 0 Å². The Labute approximate surface area is 120 Å². The molecule has 0 spiro atoms. The average molecular weight is 293 g/mol. The normalized spacial score (nSPS) is 12.1. The van der Waals surface area contributed by atoms with Crippen molar-refractivity contribution in [3.05, 3.63) is 45.6 Å². The van der Waals surface area contributed by atoms with Gasteiger partial charge in [-0.3, -0.25) is 10.1 Å². The maximum absolute atomic E-state index is 10.8. The lowest BCUT2D eigenvalue weighted by atomic mass is 10.1. The van der Waals surface area contributed by atoms with Gasteiger partial charge in [-0.25, -0.2) is 0 Å². The van der Waals surface area contributed by atoms with Crippen molar-refractivity contribution in [3.8, 4) is 5.75 Å². The van der Waals surface area contributed by atoms with Gasteiger partial charge < -0.3 is 14.4 Å². The second kappa shape index (κ2) is 6.31. The number of aliphatic hydroxyl groups is 1. The highest BCUT2D eigenvalue weighted by Crippen LogP contribution is 2.29. The molecule has 21 heavy (non-hydrogen) atoms. The fourth-order valence-electron chi connectivity index (χ4n) is 1.74. The van der Waals surface area contributed by atoms with Crippen LogP contribution in [-0.4, -0.2) is 20.2 Å². The Balaban J connectivity index is 2.17. The Bertz CT molecular complexity index is 638. The van der Waals surface area contributed by atoms with Crippen molar-refractivity contribution in [2.75, 3.05) is 0 Å². The van der Waals surface area contributed by atoms with Crippen molar-refractivity contribution in [1.82, 2.24) is 10.1 Å². The lowest BCUT2D eigenvalue weighted by molar-refractivity contribution is -0.385. The van der Waals surface area contributed by atoms with E-state index in [9.17, 15) is 15.2 Å². The first-order valence-corrected chi connectivity index (χ1v) is 6.42. The molecule has 112 valence electrons. The summed E-state index contributed by atoms with van der Waals surface area (Å²) in [6.07, 6.45) is -0.242. The van der Waals surface area contributed by atoms with Gasteiger partial charge in [-0.15, -0.1) is 0 Å². The highest BCUT2D eigenvalue weighted by Gasteiger charge is 2.16. The van der Waals surface area contributed by atoms with E-state index in [1.54, 1.807) is 0 Å². The predicted octanol–water partition coefficient (Wildman–Crippen LogP) is 2.17. The van der Waals surface area contributed by atoms with E-state index in [0.29, 0.717) is 29.4 Å². The molecule has 1 heterocycles. The number of hydrogen-bond acceptors (Lipinski definition) is 7. The van der Waals surface area contributed by atoms with Gasteiger partial charge in [-0.2, -0.15) is 4.98 Å². The molecule has 1 atom stereocenters. The number of aryl methyl sites for hydroxylation is 1. The van der Waals surface area contributed by atoms with Crippen LogP contribution in [0.25, 0.3) is 0 Å². The Morgan fingerprint density at radius 3 is 2.86 bits per heavy atom. The first-order valence-electron chi connectivity index (χ1n) is 6.42. The SMILES string of the molecule is CCc1noc(COc2ccc([N+](=O)[O-])cc2C(C)O)n1. The van der Waals surface area contributed by atoms with Crippen molar-refractivity contribution in [2.24, 2.45) is 0 Å². The number of aliphatic hydroxyl groups excluding tert-OH is 1. The largest absolute Gasteiger partial charge is 0.483 e. The zero-order chi connectivity index (χ0) is 15.4. The van der Waals surface area contributed by atoms with Gasteiger partial charge in [0, 0.05) is 24.1 Å². The molecule has 0 fully saturated rings. The summed E-state index contributed by atoms with van der Waals surface area (Å²) < 4.78 is 10.5. The van der Waals surface area contributed by atoms with Gasteiger partial charge in [0.15, 0.2) is 12.4 Å². The van der Waals surface area contributed by atoms with Crippen LogP contribution in [0.3, 0.4) is 0 Å². The summed E-state index contributed by atoms with van der Waals surface area (Å²) >= 11 is 0. The van der Waals surface area contributed by atoms with E-state index in [4.69, 9.17) is 9.26 Å². The van der Waals surface area contributed by atoms with Crippen LogP contribution in [0.2, 0.25) is 0 Å². The van der Waals surface area contributed by atoms with E-state index in [1.165, 1.54) is 25.1 Å². The average Bonchev–Trinajstić information content (AvgIpc) is 2.92. The molecule has 1 N–H and O–H groups in total. The number of nitrogens with zero attached hydrogens (tertiary/aromatic N) is 3. The third kappa shape index (κ3) is 3.54. The summed E-state index contributed by atoms with van der Waals surface area (Å²) in [6.45, 7) is 3.44. The van der Waals surface area contributed by atoms with Gasteiger partial charge in [0.1, 0.15) is 5.75 Å². The van der Waals surface area contributed by atoms with Crippen molar-refractivity contribution in [2.45, 2.75) is 33.0 Å².